The van der Waals surface area contributed by atoms with Crippen molar-refractivity contribution in [3.05, 3.63) is 18.2 Å². The second kappa shape index (κ2) is 6.52. The lowest BCUT2D eigenvalue weighted by Crippen LogP contribution is -2.41. The molecule has 1 saturated heterocycles. The van der Waals surface area contributed by atoms with E-state index in [4.69, 9.17) is 0 Å². The lowest BCUT2D eigenvalue weighted by atomic mass is 9.99. The van der Waals surface area contributed by atoms with Gasteiger partial charge in [-0.2, -0.15) is 11.8 Å². The molecule has 1 aromatic rings. The molecule has 0 bridgehead atoms. The molecule has 0 radical (unpaired) electrons. The number of carbonyl (C=O) groups excluding carboxylic acids is 1. The molecule has 3 rings (SSSR count). The van der Waals surface area contributed by atoms with Gasteiger partial charge in [0, 0.05) is 43.7 Å². The topological polar surface area (TPSA) is 59.0 Å². The molecular formula is C14H22N4OS. The number of rotatable bonds is 4. The fourth-order valence-electron chi connectivity index (χ4n) is 2.92. The Balaban J connectivity index is 1.36. The molecule has 2 aliphatic heterocycles. The zero-order valence-corrected chi connectivity index (χ0v) is 12.5. The van der Waals surface area contributed by atoms with Crippen LogP contribution in [0.4, 0.5) is 4.79 Å². The van der Waals surface area contributed by atoms with Crippen molar-refractivity contribution >= 4 is 17.8 Å². The van der Waals surface area contributed by atoms with Crippen LogP contribution in [-0.2, 0) is 13.0 Å². The van der Waals surface area contributed by atoms with Gasteiger partial charge in [0.1, 0.15) is 5.82 Å². The molecule has 3 heterocycles. The SMILES string of the molecule is O=C(NC[C@H]1CCc2nccn2C1)NC[C@H]1CCCS1. The molecule has 110 valence electrons. The summed E-state index contributed by atoms with van der Waals surface area (Å²) in [7, 11) is 0. The molecule has 20 heavy (non-hydrogen) atoms. The number of imidazole rings is 1. The van der Waals surface area contributed by atoms with Crippen LogP contribution in [0.2, 0.25) is 0 Å². The van der Waals surface area contributed by atoms with Crippen LogP contribution in [0.3, 0.4) is 0 Å². The third-order valence-electron chi connectivity index (χ3n) is 4.10. The van der Waals surface area contributed by atoms with Crippen LogP contribution in [0.15, 0.2) is 12.4 Å². The van der Waals surface area contributed by atoms with E-state index in [2.05, 4.69) is 20.2 Å². The van der Waals surface area contributed by atoms with E-state index in [-0.39, 0.29) is 6.03 Å². The summed E-state index contributed by atoms with van der Waals surface area (Å²) in [4.78, 5) is 16.1. The van der Waals surface area contributed by atoms with E-state index in [1.807, 2.05) is 24.2 Å². The van der Waals surface area contributed by atoms with Crippen molar-refractivity contribution in [3.63, 3.8) is 0 Å². The molecule has 2 aliphatic rings. The fourth-order valence-corrected chi connectivity index (χ4v) is 4.12. The Labute approximate surface area is 123 Å². The lowest BCUT2D eigenvalue weighted by molar-refractivity contribution is 0.236. The van der Waals surface area contributed by atoms with Crippen molar-refractivity contribution in [1.29, 1.82) is 0 Å². The Hall–Kier alpha value is -1.17. The number of carbonyl (C=O) groups is 1. The second-order valence-electron chi connectivity index (χ2n) is 5.63. The molecule has 6 heteroatoms. The van der Waals surface area contributed by atoms with Gasteiger partial charge in [0.05, 0.1) is 0 Å². The van der Waals surface area contributed by atoms with Crippen molar-refractivity contribution < 1.29 is 4.79 Å². The number of aromatic nitrogens is 2. The zero-order chi connectivity index (χ0) is 13.8. The van der Waals surface area contributed by atoms with Crippen molar-refractivity contribution in [3.8, 4) is 0 Å². The summed E-state index contributed by atoms with van der Waals surface area (Å²) in [6.45, 7) is 2.52. The van der Waals surface area contributed by atoms with Crippen LogP contribution in [0.5, 0.6) is 0 Å². The minimum Gasteiger partial charge on any atom is -0.338 e. The normalized spacial score (nSPS) is 25.2. The molecule has 1 fully saturated rings. The smallest absolute Gasteiger partial charge is 0.314 e. The maximum atomic E-state index is 11.8. The first-order chi connectivity index (χ1) is 9.81. The maximum absolute atomic E-state index is 11.8. The molecule has 2 amide bonds. The largest absolute Gasteiger partial charge is 0.338 e. The van der Waals surface area contributed by atoms with Gasteiger partial charge >= 0.3 is 6.03 Å². The van der Waals surface area contributed by atoms with Gasteiger partial charge in [0.15, 0.2) is 0 Å². The average molecular weight is 294 g/mol. The Morgan fingerprint density at radius 2 is 2.30 bits per heavy atom. The Morgan fingerprint density at radius 1 is 1.40 bits per heavy atom. The summed E-state index contributed by atoms with van der Waals surface area (Å²) >= 11 is 1.97. The van der Waals surface area contributed by atoms with E-state index in [9.17, 15) is 4.79 Å². The van der Waals surface area contributed by atoms with Gasteiger partial charge < -0.3 is 15.2 Å². The highest BCUT2D eigenvalue weighted by molar-refractivity contribution is 8.00. The number of hydrogen-bond donors (Lipinski definition) is 2. The van der Waals surface area contributed by atoms with Crippen molar-refractivity contribution in [1.82, 2.24) is 20.2 Å². The molecule has 5 nitrogen and oxygen atoms in total. The molecule has 2 atom stereocenters. The first kappa shape index (κ1) is 13.8. The predicted octanol–water partition coefficient (Wildman–Crippen LogP) is 1.64. The van der Waals surface area contributed by atoms with Crippen molar-refractivity contribution in [2.75, 3.05) is 18.8 Å². The van der Waals surface area contributed by atoms with Crippen LogP contribution in [0.25, 0.3) is 0 Å². The average Bonchev–Trinajstić information content (AvgIpc) is 3.13. The summed E-state index contributed by atoms with van der Waals surface area (Å²) in [5.41, 5.74) is 0. The summed E-state index contributed by atoms with van der Waals surface area (Å²) in [5, 5.41) is 6.61. The number of amides is 2. The van der Waals surface area contributed by atoms with Crippen LogP contribution in [0.1, 0.15) is 25.1 Å². The van der Waals surface area contributed by atoms with E-state index >= 15 is 0 Å². The number of aryl methyl sites for hydroxylation is 1. The Morgan fingerprint density at radius 3 is 3.15 bits per heavy atom. The molecular weight excluding hydrogens is 272 g/mol. The van der Waals surface area contributed by atoms with E-state index in [1.165, 1.54) is 24.4 Å². The summed E-state index contributed by atoms with van der Waals surface area (Å²) in [6.07, 6.45) is 8.52. The van der Waals surface area contributed by atoms with Crippen molar-refractivity contribution in [2.24, 2.45) is 5.92 Å². The zero-order valence-electron chi connectivity index (χ0n) is 11.7. The summed E-state index contributed by atoms with van der Waals surface area (Å²) in [5.74, 6) is 2.93. The first-order valence-corrected chi connectivity index (χ1v) is 8.49. The predicted molar refractivity (Wildman–Crippen MR) is 80.9 cm³/mol. The van der Waals surface area contributed by atoms with E-state index in [0.29, 0.717) is 11.2 Å². The number of hydrogen-bond acceptors (Lipinski definition) is 3. The minimum atomic E-state index is -0.0195. The monoisotopic (exact) mass is 294 g/mol. The molecule has 2 N–H and O–H groups in total. The van der Waals surface area contributed by atoms with Gasteiger partial charge in [0.25, 0.3) is 0 Å². The number of urea groups is 1. The van der Waals surface area contributed by atoms with Crippen LogP contribution >= 0.6 is 11.8 Å². The molecule has 0 saturated carbocycles. The van der Waals surface area contributed by atoms with Gasteiger partial charge in [-0.15, -0.1) is 0 Å². The van der Waals surface area contributed by atoms with Gasteiger partial charge in [-0.1, -0.05) is 0 Å². The summed E-state index contributed by atoms with van der Waals surface area (Å²) in [6, 6.07) is -0.0195. The van der Waals surface area contributed by atoms with Gasteiger partial charge in [0.2, 0.25) is 0 Å². The van der Waals surface area contributed by atoms with E-state index in [0.717, 1.165) is 32.5 Å². The molecule has 0 aromatic carbocycles. The quantitative estimate of drug-likeness (QED) is 0.887. The van der Waals surface area contributed by atoms with Crippen LogP contribution < -0.4 is 10.6 Å². The van der Waals surface area contributed by atoms with Gasteiger partial charge in [-0.05, 0) is 30.9 Å². The van der Waals surface area contributed by atoms with Crippen LogP contribution in [0, 0.1) is 5.92 Å². The standard InChI is InChI=1S/C14H22N4OS/c19-14(17-9-12-2-1-7-20-12)16-8-11-3-4-13-15-5-6-18(13)10-11/h5-6,11-12H,1-4,7-10H2,(H2,16,17,19)/t11-,12-/m1/s1. The number of fused-ring (bicyclic) bond motifs is 1. The third kappa shape index (κ3) is 3.48. The Bertz CT molecular complexity index is 456. The minimum absolute atomic E-state index is 0.0195. The highest BCUT2D eigenvalue weighted by Crippen LogP contribution is 2.25. The second-order valence-corrected chi connectivity index (χ2v) is 7.03. The van der Waals surface area contributed by atoms with Crippen LogP contribution in [-0.4, -0.2) is 39.7 Å². The van der Waals surface area contributed by atoms with Gasteiger partial charge in [-0.3, -0.25) is 0 Å². The van der Waals surface area contributed by atoms with E-state index in [1.54, 1.807) is 0 Å². The highest BCUT2D eigenvalue weighted by atomic mass is 32.2. The first-order valence-electron chi connectivity index (χ1n) is 7.44. The number of nitrogens with zero attached hydrogens (tertiary/aromatic N) is 2. The van der Waals surface area contributed by atoms with Crippen molar-refractivity contribution in [2.45, 2.75) is 37.5 Å². The maximum Gasteiger partial charge on any atom is 0.314 e. The molecule has 0 spiro atoms. The number of nitrogens with one attached hydrogen (secondary N) is 2. The van der Waals surface area contributed by atoms with Gasteiger partial charge in [-0.25, -0.2) is 9.78 Å². The molecule has 1 aromatic heterocycles. The highest BCUT2D eigenvalue weighted by Gasteiger charge is 2.20. The fraction of sp³-hybridized carbons (Fsp3) is 0.714. The molecule has 0 aliphatic carbocycles. The Kier molecular flexibility index (Phi) is 4.50. The number of thioether (sulfide) groups is 1. The van der Waals surface area contributed by atoms with E-state index < -0.39 is 0 Å². The lowest BCUT2D eigenvalue weighted by Gasteiger charge is -2.24. The summed E-state index contributed by atoms with van der Waals surface area (Å²) < 4.78 is 2.20. The molecule has 0 unspecified atom stereocenters. The third-order valence-corrected chi connectivity index (χ3v) is 5.50.